The van der Waals surface area contributed by atoms with Crippen molar-refractivity contribution < 1.29 is 4.92 Å². The summed E-state index contributed by atoms with van der Waals surface area (Å²) < 4.78 is 1.16. The molecule has 0 aliphatic carbocycles. The molecule has 142 valence electrons. The normalized spacial score (nSPS) is 11.6. The Morgan fingerprint density at radius 1 is 1.07 bits per heavy atom. The molecule has 5 nitrogen and oxygen atoms in total. The minimum atomic E-state index is -0.400. The summed E-state index contributed by atoms with van der Waals surface area (Å²) in [6, 6.07) is 20.7. The number of aliphatic imine (C=N–C) groups is 1. The monoisotopic (exact) mass is 399 g/mol. The molecular formula is C23H17N3O2S. The van der Waals surface area contributed by atoms with Crippen molar-refractivity contribution in [1.29, 1.82) is 0 Å². The van der Waals surface area contributed by atoms with E-state index in [1.807, 2.05) is 43.3 Å². The predicted octanol–water partition coefficient (Wildman–Crippen LogP) is 6.60. The standard InChI is InChI=1S/C23H17N3O2S/c1-16-11-12-18(23-25-20-9-2-3-10-22(20)29-23)15-21(16)24-13-5-7-17-6-4-8-19(14-17)26(27)28/h2-15H,1H3/b7-5+,24-13?. The first-order valence-corrected chi connectivity index (χ1v) is 9.83. The number of para-hydroxylation sites is 1. The molecule has 0 bridgehead atoms. The number of aromatic nitrogens is 1. The van der Waals surface area contributed by atoms with Crippen molar-refractivity contribution in [2.45, 2.75) is 6.92 Å². The van der Waals surface area contributed by atoms with E-state index in [0.29, 0.717) is 0 Å². The topological polar surface area (TPSA) is 68.4 Å². The summed E-state index contributed by atoms with van der Waals surface area (Å²) in [5.74, 6) is 0. The van der Waals surface area contributed by atoms with Gasteiger partial charge in [-0.1, -0.05) is 42.5 Å². The number of aryl methyl sites for hydroxylation is 1. The number of nitro groups is 1. The second-order valence-electron chi connectivity index (χ2n) is 6.48. The predicted molar refractivity (Wildman–Crippen MR) is 120 cm³/mol. The quantitative estimate of drug-likeness (QED) is 0.216. The highest BCUT2D eigenvalue weighted by Crippen LogP contribution is 2.33. The van der Waals surface area contributed by atoms with Gasteiger partial charge in [0.25, 0.3) is 5.69 Å². The van der Waals surface area contributed by atoms with Gasteiger partial charge in [0.1, 0.15) is 5.01 Å². The van der Waals surface area contributed by atoms with Gasteiger partial charge in [0, 0.05) is 23.9 Å². The van der Waals surface area contributed by atoms with Crippen molar-refractivity contribution >= 4 is 45.2 Å². The number of thiazole rings is 1. The number of benzene rings is 3. The molecular weight excluding hydrogens is 382 g/mol. The summed E-state index contributed by atoms with van der Waals surface area (Å²) >= 11 is 1.66. The third-order valence-electron chi connectivity index (χ3n) is 4.42. The van der Waals surface area contributed by atoms with Gasteiger partial charge in [-0.2, -0.15) is 0 Å². The van der Waals surface area contributed by atoms with Crippen molar-refractivity contribution in [1.82, 2.24) is 4.98 Å². The lowest BCUT2D eigenvalue weighted by Crippen LogP contribution is -1.87. The van der Waals surface area contributed by atoms with Crippen molar-refractivity contribution in [2.75, 3.05) is 0 Å². The van der Waals surface area contributed by atoms with Gasteiger partial charge in [0.2, 0.25) is 0 Å². The van der Waals surface area contributed by atoms with Gasteiger partial charge in [0.05, 0.1) is 20.8 Å². The van der Waals surface area contributed by atoms with E-state index < -0.39 is 4.92 Å². The summed E-state index contributed by atoms with van der Waals surface area (Å²) in [4.78, 5) is 19.7. The summed E-state index contributed by atoms with van der Waals surface area (Å²) in [7, 11) is 0. The summed E-state index contributed by atoms with van der Waals surface area (Å²) in [6.45, 7) is 2.01. The summed E-state index contributed by atoms with van der Waals surface area (Å²) in [5.41, 5.74) is 4.79. The largest absolute Gasteiger partial charge is 0.270 e. The van der Waals surface area contributed by atoms with Crippen molar-refractivity contribution in [2.24, 2.45) is 4.99 Å². The van der Waals surface area contributed by atoms with E-state index in [4.69, 9.17) is 4.98 Å². The number of allylic oxidation sites excluding steroid dienone is 1. The van der Waals surface area contributed by atoms with E-state index >= 15 is 0 Å². The fourth-order valence-electron chi connectivity index (χ4n) is 2.90. The lowest BCUT2D eigenvalue weighted by molar-refractivity contribution is -0.384. The van der Waals surface area contributed by atoms with Gasteiger partial charge < -0.3 is 0 Å². The van der Waals surface area contributed by atoms with E-state index in [1.165, 1.54) is 12.1 Å². The van der Waals surface area contributed by atoms with Crippen LogP contribution in [0.25, 0.3) is 26.9 Å². The lowest BCUT2D eigenvalue weighted by atomic mass is 10.1. The van der Waals surface area contributed by atoms with E-state index in [1.54, 1.807) is 35.8 Å². The Kier molecular flexibility index (Phi) is 5.27. The molecule has 1 heterocycles. The van der Waals surface area contributed by atoms with E-state index in [-0.39, 0.29) is 5.69 Å². The molecule has 0 aliphatic heterocycles. The van der Waals surface area contributed by atoms with Gasteiger partial charge >= 0.3 is 0 Å². The number of hydrogen-bond acceptors (Lipinski definition) is 5. The fraction of sp³-hybridized carbons (Fsp3) is 0.0435. The number of hydrogen-bond donors (Lipinski definition) is 0. The number of non-ortho nitro benzene ring substituents is 1. The summed E-state index contributed by atoms with van der Waals surface area (Å²) in [5, 5.41) is 11.8. The first-order valence-electron chi connectivity index (χ1n) is 9.02. The van der Waals surface area contributed by atoms with Crippen LogP contribution in [0.2, 0.25) is 0 Å². The molecule has 0 spiro atoms. The summed E-state index contributed by atoms with van der Waals surface area (Å²) in [6.07, 6.45) is 5.27. The Bertz CT molecular complexity index is 1220. The molecule has 6 heteroatoms. The molecule has 0 saturated carbocycles. The first-order chi connectivity index (χ1) is 14.1. The Labute approximate surface area is 171 Å². The maximum Gasteiger partial charge on any atom is 0.270 e. The SMILES string of the molecule is Cc1ccc(-c2nc3ccccc3s2)cc1N=C/C=C/c1cccc([N+](=O)[O-])c1. The molecule has 3 aromatic carbocycles. The van der Waals surface area contributed by atoms with Gasteiger partial charge in [-0.3, -0.25) is 15.1 Å². The number of fused-ring (bicyclic) bond motifs is 1. The molecule has 0 N–H and O–H groups in total. The Balaban J connectivity index is 1.56. The van der Waals surface area contributed by atoms with Crippen LogP contribution in [0.15, 0.2) is 77.8 Å². The highest BCUT2D eigenvalue weighted by atomic mass is 32.1. The minimum absolute atomic E-state index is 0.0727. The third kappa shape index (κ3) is 4.28. The maximum absolute atomic E-state index is 10.9. The molecule has 4 rings (SSSR count). The highest BCUT2D eigenvalue weighted by Gasteiger charge is 2.07. The number of rotatable bonds is 5. The molecule has 29 heavy (non-hydrogen) atoms. The lowest BCUT2D eigenvalue weighted by Gasteiger charge is -2.02. The smallest absolute Gasteiger partial charge is 0.258 e. The molecule has 4 aromatic rings. The molecule has 0 unspecified atom stereocenters. The third-order valence-corrected chi connectivity index (χ3v) is 5.50. The van der Waals surface area contributed by atoms with Crippen LogP contribution in [0.4, 0.5) is 11.4 Å². The Morgan fingerprint density at radius 3 is 2.76 bits per heavy atom. The van der Waals surface area contributed by atoms with Gasteiger partial charge in [-0.15, -0.1) is 11.3 Å². The van der Waals surface area contributed by atoms with Crippen LogP contribution in [0, 0.1) is 17.0 Å². The molecule has 0 amide bonds. The van der Waals surface area contributed by atoms with Crippen molar-refractivity contribution in [3.63, 3.8) is 0 Å². The zero-order valence-corrected chi connectivity index (χ0v) is 16.5. The van der Waals surface area contributed by atoms with Gasteiger partial charge in [-0.25, -0.2) is 4.98 Å². The molecule has 0 fully saturated rings. The van der Waals surface area contributed by atoms with Crippen molar-refractivity contribution in [3.05, 3.63) is 94.0 Å². The Morgan fingerprint density at radius 2 is 1.93 bits per heavy atom. The second kappa shape index (κ2) is 8.16. The van der Waals surface area contributed by atoms with Crippen LogP contribution in [0.3, 0.4) is 0 Å². The molecule has 0 radical (unpaired) electrons. The maximum atomic E-state index is 10.9. The van der Waals surface area contributed by atoms with E-state index in [9.17, 15) is 10.1 Å². The highest BCUT2D eigenvalue weighted by molar-refractivity contribution is 7.21. The second-order valence-corrected chi connectivity index (χ2v) is 7.51. The van der Waals surface area contributed by atoms with Gasteiger partial charge in [0.15, 0.2) is 0 Å². The van der Waals surface area contributed by atoms with Crippen LogP contribution >= 0.6 is 11.3 Å². The number of nitro benzene ring substituents is 1. The zero-order chi connectivity index (χ0) is 20.2. The average Bonchev–Trinajstić information content (AvgIpc) is 3.17. The average molecular weight is 399 g/mol. The van der Waals surface area contributed by atoms with Crippen LogP contribution in [0.1, 0.15) is 11.1 Å². The zero-order valence-electron chi connectivity index (χ0n) is 15.6. The van der Waals surface area contributed by atoms with Crippen molar-refractivity contribution in [3.8, 4) is 10.6 Å². The fourth-order valence-corrected chi connectivity index (χ4v) is 3.86. The van der Waals surface area contributed by atoms with Crippen LogP contribution in [-0.2, 0) is 0 Å². The number of nitrogens with zero attached hydrogens (tertiary/aromatic N) is 3. The van der Waals surface area contributed by atoms with Crippen LogP contribution in [0.5, 0.6) is 0 Å². The molecule has 0 saturated heterocycles. The molecule has 0 aliphatic rings. The van der Waals surface area contributed by atoms with Gasteiger partial charge in [-0.05, 0) is 42.3 Å². The molecule has 1 aromatic heterocycles. The van der Waals surface area contributed by atoms with Crippen LogP contribution < -0.4 is 0 Å². The van der Waals surface area contributed by atoms with Crippen LogP contribution in [-0.4, -0.2) is 16.1 Å². The Hall–Kier alpha value is -3.64. The van der Waals surface area contributed by atoms with E-state index in [2.05, 4.69) is 17.1 Å². The molecule has 0 atom stereocenters. The minimum Gasteiger partial charge on any atom is -0.258 e. The first kappa shape index (κ1) is 18.7. The van der Waals surface area contributed by atoms with E-state index in [0.717, 1.165) is 37.6 Å².